The summed E-state index contributed by atoms with van der Waals surface area (Å²) in [6.45, 7) is 7.69. The van der Waals surface area contributed by atoms with E-state index in [0.29, 0.717) is 12.0 Å². The summed E-state index contributed by atoms with van der Waals surface area (Å²) in [6.07, 6.45) is 1.22. The highest BCUT2D eigenvalue weighted by Crippen LogP contribution is 2.25. The summed E-state index contributed by atoms with van der Waals surface area (Å²) in [5, 5.41) is 14.1. The molecule has 1 aromatic rings. The molecule has 1 unspecified atom stereocenters. The molecule has 1 atom stereocenters. The Morgan fingerprint density at radius 1 is 1.55 bits per heavy atom. The molecule has 1 fully saturated rings. The first-order valence-corrected chi connectivity index (χ1v) is 7.97. The van der Waals surface area contributed by atoms with Gasteiger partial charge in [0.1, 0.15) is 0 Å². The van der Waals surface area contributed by atoms with Crippen LogP contribution in [-0.2, 0) is 0 Å². The molecule has 1 aliphatic heterocycles. The van der Waals surface area contributed by atoms with Gasteiger partial charge in [-0.05, 0) is 61.4 Å². The van der Waals surface area contributed by atoms with Crippen molar-refractivity contribution in [3.8, 4) is 0 Å². The molecule has 0 spiro atoms. The second kappa shape index (κ2) is 6.71. The van der Waals surface area contributed by atoms with E-state index in [-0.39, 0.29) is 10.6 Å². The highest BCUT2D eigenvalue weighted by molar-refractivity contribution is 14.1. The Bertz CT molecular complexity index is 493. The molecule has 1 saturated heterocycles. The lowest BCUT2D eigenvalue weighted by atomic mass is 10.1. The topological polar surface area (TPSA) is 58.4 Å². The number of nitrogens with one attached hydrogen (secondary N) is 1. The summed E-state index contributed by atoms with van der Waals surface area (Å²) in [6, 6.07) is 5.58. The lowest BCUT2D eigenvalue weighted by Gasteiger charge is -2.20. The number of halogens is 1. The minimum Gasteiger partial charge on any atom is -0.384 e. The Kier molecular flexibility index (Phi) is 5.20. The molecule has 6 heteroatoms. The van der Waals surface area contributed by atoms with Gasteiger partial charge in [0, 0.05) is 40.5 Å². The third-order valence-corrected chi connectivity index (χ3v) is 4.68. The second-order valence-electron chi connectivity index (χ2n) is 5.55. The first-order valence-electron chi connectivity index (χ1n) is 6.89. The molecule has 20 heavy (non-hydrogen) atoms. The van der Waals surface area contributed by atoms with Gasteiger partial charge in [0.15, 0.2) is 0 Å². The number of rotatable bonds is 5. The number of anilines is 1. The van der Waals surface area contributed by atoms with Crippen molar-refractivity contribution in [3.63, 3.8) is 0 Å². The number of likely N-dealkylation sites (tertiary alicyclic amines) is 1. The van der Waals surface area contributed by atoms with Gasteiger partial charge in [-0.25, -0.2) is 0 Å². The van der Waals surface area contributed by atoms with E-state index in [4.69, 9.17) is 0 Å². The first kappa shape index (κ1) is 15.5. The summed E-state index contributed by atoms with van der Waals surface area (Å²) in [7, 11) is 0. The van der Waals surface area contributed by atoms with Gasteiger partial charge < -0.3 is 10.2 Å². The molecule has 110 valence electrons. The fraction of sp³-hybridized carbons (Fsp3) is 0.571. The zero-order valence-corrected chi connectivity index (χ0v) is 14.0. The van der Waals surface area contributed by atoms with Gasteiger partial charge in [-0.1, -0.05) is 0 Å². The molecule has 1 aliphatic rings. The molecular formula is C14H20IN3O2. The number of nitro groups is 1. The average Bonchev–Trinajstić information content (AvgIpc) is 2.86. The fourth-order valence-corrected chi connectivity index (χ4v) is 3.20. The largest absolute Gasteiger partial charge is 0.384 e. The second-order valence-corrected chi connectivity index (χ2v) is 6.71. The molecule has 1 heterocycles. The number of hydrogen-bond donors (Lipinski definition) is 1. The number of nitrogens with zero attached hydrogens (tertiary/aromatic N) is 2. The third-order valence-electron chi connectivity index (χ3n) is 3.79. The van der Waals surface area contributed by atoms with Crippen LogP contribution in [0, 0.1) is 19.6 Å². The molecule has 0 saturated carbocycles. The third kappa shape index (κ3) is 3.82. The van der Waals surface area contributed by atoms with E-state index in [9.17, 15) is 10.1 Å². The molecule has 0 amide bonds. The van der Waals surface area contributed by atoms with Crippen molar-refractivity contribution in [1.29, 1.82) is 0 Å². The standard InChI is InChI=1S/C14H20IN3O2/c1-10(2)17-6-5-11(9-17)8-16-14-4-3-12(18(19)20)7-13(14)15/h3-4,7,10-11,16H,5-6,8-9H2,1-2H3. The Morgan fingerprint density at radius 2 is 2.30 bits per heavy atom. The van der Waals surface area contributed by atoms with Crippen LogP contribution in [0.3, 0.4) is 0 Å². The van der Waals surface area contributed by atoms with Crippen molar-refractivity contribution in [3.05, 3.63) is 31.9 Å². The summed E-state index contributed by atoms with van der Waals surface area (Å²) in [5.74, 6) is 0.656. The van der Waals surface area contributed by atoms with Crippen LogP contribution in [-0.4, -0.2) is 35.5 Å². The fourth-order valence-electron chi connectivity index (χ4n) is 2.51. The van der Waals surface area contributed by atoms with Crippen LogP contribution >= 0.6 is 22.6 Å². The lowest BCUT2D eigenvalue weighted by molar-refractivity contribution is -0.384. The van der Waals surface area contributed by atoms with Crippen molar-refractivity contribution >= 4 is 34.0 Å². The normalized spacial score (nSPS) is 19.5. The Hall–Kier alpha value is -0.890. The maximum Gasteiger partial charge on any atom is 0.270 e. The van der Waals surface area contributed by atoms with Gasteiger partial charge >= 0.3 is 0 Å². The van der Waals surface area contributed by atoms with Gasteiger partial charge in [-0.15, -0.1) is 0 Å². The van der Waals surface area contributed by atoms with E-state index in [1.807, 2.05) is 0 Å². The van der Waals surface area contributed by atoms with Gasteiger partial charge in [0.05, 0.1) is 4.92 Å². The van der Waals surface area contributed by atoms with E-state index >= 15 is 0 Å². The van der Waals surface area contributed by atoms with Crippen LogP contribution in [0.25, 0.3) is 0 Å². The minimum atomic E-state index is -0.358. The zero-order valence-electron chi connectivity index (χ0n) is 11.8. The van der Waals surface area contributed by atoms with Crippen LogP contribution in [0.1, 0.15) is 20.3 Å². The quantitative estimate of drug-likeness (QED) is 0.477. The molecule has 5 nitrogen and oxygen atoms in total. The SMILES string of the molecule is CC(C)N1CCC(CNc2ccc([N+](=O)[O-])cc2I)C1. The number of nitro benzene ring substituents is 1. The van der Waals surface area contributed by atoms with Gasteiger partial charge in [0.25, 0.3) is 5.69 Å². The summed E-state index contributed by atoms with van der Waals surface area (Å²) in [4.78, 5) is 12.8. The average molecular weight is 389 g/mol. The van der Waals surface area contributed by atoms with E-state index < -0.39 is 0 Å². The Morgan fingerprint density at radius 3 is 2.85 bits per heavy atom. The highest BCUT2D eigenvalue weighted by Gasteiger charge is 2.24. The highest BCUT2D eigenvalue weighted by atomic mass is 127. The molecule has 2 rings (SSSR count). The molecule has 0 aliphatic carbocycles. The minimum absolute atomic E-state index is 0.145. The maximum absolute atomic E-state index is 10.7. The van der Waals surface area contributed by atoms with E-state index in [2.05, 4.69) is 46.7 Å². The van der Waals surface area contributed by atoms with Crippen LogP contribution < -0.4 is 5.32 Å². The van der Waals surface area contributed by atoms with Crippen LogP contribution in [0.2, 0.25) is 0 Å². The van der Waals surface area contributed by atoms with Crippen molar-refractivity contribution in [2.75, 3.05) is 25.0 Å². The smallest absolute Gasteiger partial charge is 0.270 e. The monoisotopic (exact) mass is 389 g/mol. The maximum atomic E-state index is 10.7. The molecule has 0 bridgehead atoms. The van der Waals surface area contributed by atoms with Crippen LogP contribution in [0.15, 0.2) is 18.2 Å². The summed E-state index contributed by atoms with van der Waals surface area (Å²) in [5.41, 5.74) is 1.13. The summed E-state index contributed by atoms with van der Waals surface area (Å²) >= 11 is 2.14. The molecule has 1 N–H and O–H groups in total. The predicted octanol–water partition coefficient (Wildman–Crippen LogP) is 3.34. The van der Waals surface area contributed by atoms with Crippen molar-refractivity contribution in [2.45, 2.75) is 26.3 Å². The number of non-ortho nitro benzene ring substituents is 1. The van der Waals surface area contributed by atoms with Gasteiger partial charge in [0.2, 0.25) is 0 Å². The van der Waals surface area contributed by atoms with Crippen molar-refractivity contribution < 1.29 is 4.92 Å². The van der Waals surface area contributed by atoms with E-state index in [0.717, 1.165) is 22.3 Å². The lowest BCUT2D eigenvalue weighted by Crippen LogP contribution is -2.29. The van der Waals surface area contributed by atoms with E-state index in [1.165, 1.54) is 13.0 Å². The van der Waals surface area contributed by atoms with Gasteiger partial charge in [-0.3, -0.25) is 10.1 Å². The zero-order chi connectivity index (χ0) is 14.7. The van der Waals surface area contributed by atoms with E-state index in [1.54, 1.807) is 18.2 Å². The first-order chi connectivity index (χ1) is 9.47. The van der Waals surface area contributed by atoms with Crippen molar-refractivity contribution in [1.82, 2.24) is 4.90 Å². The molecule has 0 radical (unpaired) electrons. The predicted molar refractivity (Wildman–Crippen MR) is 89.1 cm³/mol. The van der Waals surface area contributed by atoms with Gasteiger partial charge in [-0.2, -0.15) is 0 Å². The molecular weight excluding hydrogens is 369 g/mol. The van der Waals surface area contributed by atoms with Crippen LogP contribution in [0.5, 0.6) is 0 Å². The number of hydrogen-bond acceptors (Lipinski definition) is 4. The summed E-state index contributed by atoms with van der Waals surface area (Å²) < 4.78 is 0.899. The Balaban J connectivity index is 1.90. The van der Waals surface area contributed by atoms with Crippen molar-refractivity contribution in [2.24, 2.45) is 5.92 Å². The number of benzene rings is 1. The van der Waals surface area contributed by atoms with Crippen LogP contribution in [0.4, 0.5) is 11.4 Å². The Labute approximate surface area is 133 Å². The molecule has 0 aromatic heterocycles. The molecule has 1 aromatic carbocycles.